The molecule has 35 heavy (non-hydrogen) atoms. The number of carboxylic acid groups (broad SMARTS) is 1. The summed E-state index contributed by atoms with van der Waals surface area (Å²) in [6, 6.07) is 9.07. The van der Waals surface area contributed by atoms with Gasteiger partial charge in [0.15, 0.2) is 10.3 Å². The number of nitrogens with zero attached hydrogens (tertiary/aromatic N) is 6. The molecule has 1 aliphatic heterocycles. The second kappa shape index (κ2) is 10.6. The third-order valence-corrected chi connectivity index (χ3v) is 7.05. The van der Waals surface area contributed by atoms with E-state index in [2.05, 4.69) is 31.2 Å². The first-order valence-electron chi connectivity index (χ1n) is 10.6. The molecule has 0 spiro atoms. The van der Waals surface area contributed by atoms with Crippen molar-refractivity contribution < 1.29 is 14.7 Å². The Labute approximate surface area is 209 Å². The van der Waals surface area contributed by atoms with E-state index in [1.807, 2.05) is 5.38 Å². The topological polar surface area (TPSA) is 161 Å². The quantitative estimate of drug-likeness (QED) is 0.332. The van der Waals surface area contributed by atoms with Crippen LogP contribution in [0.2, 0.25) is 0 Å². The molecule has 0 atom stereocenters. The van der Waals surface area contributed by atoms with Gasteiger partial charge in [-0.2, -0.15) is 5.26 Å². The Balaban J connectivity index is 1.46. The van der Waals surface area contributed by atoms with Crippen LogP contribution < -0.4 is 16.0 Å². The van der Waals surface area contributed by atoms with Crippen molar-refractivity contribution in [3.8, 4) is 17.3 Å². The molecule has 11 nitrogen and oxygen atoms in total. The number of nitriles is 1. The van der Waals surface area contributed by atoms with E-state index < -0.39 is 6.09 Å². The van der Waals surface area contributed by atoms with E-state index in [9.17, 15) is 14.9 Å². The number of hydrogen-bond donors (Lipinski definition) is 3. The number of carbonyl (C=O) groups is 2. The molecular weight excluding hydrogens is 488 g/mol. The highest BCUT2D eigenvalue weighted by atomic mass is 32.2. The number of aromatic nitrogens is 3. The number of thiazole rings is 1. The molecule has 0 saturated carbocycles. The van der Waals surface area contributed by atoms with Crippen molar-refractivity contribution in [1.29, 1.82) is 5.26 Å². The van der Waals surface area contributed by atoms with Gasteiger partial charge < -0.3 is 26.0 Å². The fourth-order valence-electron chi connectivity index (χ4n) is 3.49. The van der Waals surface area contributed by atoms with Gasteiger partial charge in [-0.05, 0) is 12.1 Å². The summed E-state index contributed by atoms with van der Waals surface area (Å²) in [5.74, 6) is 0.437. The summed E-state index contributed by atoms with van der Waals surface area (Å²) in [5, 5.41) is 24.6. The fourth-order valence-corrected chi connectivity index (χ4v) is 5.22. The molecule has 0 radical (unpaired) electrons. The van der Waals surface area contributed by atoms with Crippen molar-refractivity contribution in [3.05, 3.63) is 40.9 Å². The van der Waals surface area contributed by atoms with Crippen LogP contribution in [0.3, 0.4) is 0 Å². The lowest BCUT2D eigenvalue weighted by Gasteiger charge is -2.32. The molecule has 1 aliphatic rings. The van der Waals surface area contributed by atoms with E-state index in [-0.39, 0.29) is 17.3 Å². The summed E-state index contributed by atoms with van der Waals surface area (Å²) in [7, 11) is 0. The predicted molar refractivity (Wildman–Crippen MR) is 134 cm³/mol. The highest BCUT2D eigenvalue weighted by Gasteiger charge is 2.22. The first-order chi connectivity index (χ1) is 16.8. The number of piperazine rings is 1. The Hall–Kier alpha value is -3.89. The lowest BCUT2D eigenvalue weighted by molar-refractivity contribution is -0.114. The Bertz CT molecular complexity index is 1280. The second-order valence-electron chi connectivity index (χ2n) is 7.65. The normalized spacial score (nSPS) is 13.4. The third-order valence-electron chi connectivity index (χ3n) is 5.22. The van der Waals surface area contributed by atoms with Gasteiger partial charge >= 0.3 is 6.09 Å². The summed E-state index contributed by atoms with van der Waals surface area (Å²) in [6.45, 7) is 3.54. The zero-order chi connectivity index (χ0) is 24.9. The molecule has 0 aliphatic carbocycles. The van der Waals surface area contributed by atoms with E-state index in [1.165, 1.54) is 34.9 Å². The van der Waals surface area contributed by atoms with Gasteiger partial charge in [0.1, 0.15) is 17.5 Å². The lowest BCUT2D eigenvalue weighted by atomic mass is 10.1. The van der Waals surface area contributed by atoms with Crippen LogP contribution in [0, 0.1) is 11.3 Å². The Morgan fingerprint density at radius 2 is 1.91 bits per heavy atom. The van der Waals surface area contributed by atoms with Gasteiger partial charge in [0.25, 0.3) is 0 Å². The van der Waals surface area contributed by atoms with Gasteiger partial charge in [0.05, 0.1) is 11.4 Å². The molecule has 1 fully saturated rings. The number of amides is 2. The van der Waals surface area contributed by atoms with Crippen LogP contribution in [-0.2, 0) is 10.5 Å². The van der Waals surface area contributed by atoms with Crippen molar-refractivity contribution in [2.75, 3.05) is 42.1 Å². The molecule has 3 aromatic rings. The van der Waals surface area contributed by atoms with Crippen molar-refractivity contribution in [1.82, 2.24) is 19.9 Å². The third kappa shape index (κ3) is 5.79. The number of nitrogens with two attached hydrogens (primary N) is 1. The van der Waals surface area contributed by atoms with Crippen LogP contribution in [0.25, 0.3) is 11.3 Å². The largest absolute Gasteiger partial charge is 0.465 e. The number of nitrogen functional groups attached to an aromatic ring is 1. The molecule has 0 unspecified atom stereocenters. The number of carbonyl (C=O) groups excluding carboxylic acids is 1. The molecule has 13 heteroatoms. The average molecular weight is 511 g/mol. The standard InChI is InChI=1S/C22H22N8O3S2/c1-13(31)25-15-4-2-14(3-5-15)18-17(10-23)19(24)28-20(27-18)34-11-16-12-35-21(26-16)29-6-8-30(9-7-29)22(32)33/h2-5,12H,6-9,11H2,1H3,(H,25,31)(H,32,33)(H2,24,27,28). The molecule has 4 rings (SSSR count). The monoisotopic (exact) mass is 510 g/mol. The number of hydrogen-bond acceptors (Lipinski definition) is 10. The minimum Gasteiger partial charge on any atom is -0.465 e. The summed E-state index contributed by atoms with van der Waals surface area (Å²) in [4.78, 5) is 39.3. The SMILES string of the molecule is CC(=O)Nc1ccc(-c2nc(SCc3csc(N4CCN(C(=O)O)CC4)n3)nc(N)c2C#N)cc1. The molecule has 1 aromatic carbocycles. The van der Waals surface area contributed by atoms with Crippen LogP contribution in [0.15, 0.2) is 34.8 Å². The molecule has 4 N–H and O–H groups in total. The maximum Gasteiger partial charge on any atom is 0.407 e. The number of thioether (sulfide) groups is 1. The fraction of sp³-hybridized carbons (Fsp3) is 0.273. The summed E-state index contributed by atoms with van der Waals surface area (Å²) in [5.41, 5.74) is 8.85. The van der Waals surface area contributed by atoms with Crippen molar-refractivity contribution in [2.45, 2.75) is 17.8 Å². The summed E-state index contributed by atoms with van der Waals surface area (Å²) < 4.78 is 0. The van der Waals surface area contributed by atoms with E-state index in [1.54, 1.807) is 24.3 Å². The van der Waals surface area contributed by atoms with E-state index in [4.69, 9.17) is 10.8 Å². The second-order valence-corrected chi connectivity index (χ2v) is 9.43. The number of anilines is 3. The van der Waals surface area contributed by atoms with Gasteiger partial charge in [0, 0.05) is 55.5 Å². The minimum absolute atomic E-state index is 0.0983. The molecule has 0 bridgehead atoms. The van der Waals surface area contributed by atoms with Gasteiger partial charge in [-0.15, -0.1) is 11.3 Å². The zero-order valence-electron chi connectivity index (χ0n) is 18.8. The molecule has 3 heterocycles. The van der Waals surface area contributed by atoms with Gasteiger partial charge in [-0.3, -0.25) is 4.79 Å². The van der Waals surface area contributed by atoms with Crippen molar-refractivity contribution >= 4 is 51.7 Å². The summed E-state index contributed by atoms with van der Waals surface area (Å²) >= 11 is 2.88. The Morgan fingerprint density at radius 3 is 2.54 bits per heavy atom. The highest BCUT2D eigenvalue weighted by Crippen LogP contribution is 2.31. The van der Waals surface area contributed by atoms with Gasteiger partial charge in [-0.1, -0.05) is 23.9 Å². The van der Waals surface area contributed by atoms with Crippen LogP contribution in [-0.4, -0.2) is 63.1 Å². The first-order valence-corrected chi connectivity index (χ1v) is 12.5. The average Bonchev–Trinajstić information content (AvgIpc) is 3.32. The Morgan fingerprint density at radius 1 is 1.20 bits per heavy atom. The highest BCUT2D eigenvalue weighted by molar-refractivity contribution is 7.98. The smallest absolute Gasteiger partial charge is 0.407 e. The van der Waals surface area contributed by atoms with E-state index in [0.29, 0.717) is 54.0 Å². The van der Waals surface area contributed by atoms with Gasteiger partial charge in [0.2, 0.25) is 5.91 Å². The van der Waals surface area contributed by atoms with Crippen molar-refractivity contribution in [3.63, 3.8) is 0 Å². The minimum atomic E-state index is -0.898. The van der Waals surface area contributed by atoms with E-state index in [0.717, 1.165) is 10.8 Å². The lowest BCUT2D eigenvalue weighted by Crippen LogP contribution is -2.48. The van der Waals surface area contributed by atoms with Crippen LogP contribution >= 0.6 is 23.1 Å². The molecule has 1 saturated heterocycles. The molecule has 2 amide bonds. The Kier molecular flexibility index (Phi) is 7.33. The van der Waals surface area contributed by atoms with Crippen LogP contribution in [0.5, 0.6) is 0 Å². The van der Waals surface area contributed by atoms with E-state index >= 15 is 0 Å². The molecule has 180 valence electrons. The predicted octanol–water partition coefficient (Wildman–Crippen LogP) is 3.10. The number of nitrogens with one attached hydrogen (secondary N) is 1. The maximum atomic E-state index is 11.3. The molecular formula is C22H22N8O3S2. The zero-order valence-corrected chi connectivity index (χ0v) is 20.4. The van der Waals surface area contributed by atoms with Crippen LogP contribution in [0.4, 0.5) is 21.4 Å². The van der Waals surface area contributed by atoms with Crippen molar-refractivity contribution in [2.24, 2.45) is 0 Å². The molecule has 2 aromatic heterocycles. The van der Waals surface area contributed by atoms with Crippen LogP contribution in [0.1, 0.15) is 18.2 Å². The van der Waals surface area contributed by atoms with Gasteiger partial charge in [-0.25, -0.2) is 19.7 Å². The summed E-state index contributed by atoms with van der Waals surface area (Å²) in [6.07, 6.45) is -0.898. The first kappa shape index (κ1) is 24.2. The number of rotatable bonds is 6. The maximum absolute atomic E-state index is 11.3. The number of benzene rings is 1.